The van der Waals surface area contributed by atoms with E-state index in [1.807, 2.05) is 4.57 Å². The number of imidazole rings is 1. The number of fused-ring (bicyclic) bond motifs is 1. The van der Waals surface area contributed by atoms with Gasteiger partial charge in [-0.25, -0.2) is 18.7 Å². The van der Waals surface area contributed by atoms with E-state index >= 15 is 0 Å². The fraction of sp³-hybridized carbons (Fsp3) is 0.292. The average Bonchev–Trinajstić information content (AvgIpc) is 3.17. The van der Waals surface area contributed by atoms with Gasteiger partial charge in [0.1, 0.15) is 23.0 Å². The number of aromatic nitrogens is 4. The number of nitrogens with zero attached hydrogens (tertiary/aromatic N) is 4. The summed E-state index contributed by atoms with van der Waals surface area (Å²) in [7, 11) is 0. The summed E-state index contributed by atoms with van der Waals surface area (Å²) in [5, 5.41) is 6.91. The minimum absolute atomic E-state index is 0.0567. The monoisotopic (exact) mass is 502 g/mol. The van der Waals surface area contributed by atoms with Crippen molar-refractivity contribution in [1.29, 1.82) is 0 Å². The van der Waals surface area contributed by atoms with E-state index in [2.05, 4.69) is 25.6 Å². The third-order valence-corrected chi connectivity index (χ3v) is 6.55. The van der Waals surface area contributed by atoms with Gasteiger partial charge in [0.2, 0.25) is 5.95 Å². The molecule has 10 heteroatoms. The number of rotatable bonds is 6. The summed E-state index contributed by atoms with van der Waals surface area (Å²) in [4.78, 5) is 13.7. The minimum Gasteiger partial charge on any atom is -0.350 e. The van der Waals surface area contributed by atoms with Crippen LogP contribution in [0.3, 0.4) is 0 Å². The van der Waals surface area contributed by atoms with E-state index in [0.717, 1.165) is 31.5 Å². The molecular weight excluding hydrogens is 481 g/mol. The molecule has 6 nitrogen and oxygen atoms in total. The van der Waals surface area contributed by atoms with E-state index in [1.54, 1.807) is 30.5 Å². The zero-order valence-corrected chi connectivity index (χ0v) is 19.7. The molecule has 2 aromatic carbocycles. The molecule has 176 valence electrons. The van der Waals surface area contributed by atoms with Crippen LogP contribution in [0, 0.1) is 17.6 Å². The number of nitrogens with one attached hydrogen (secondary N) is 2. The molecule has 0 aliphatic carbocycles. The van der Waals surface area contributed by atoms with Crippen LogP contribution in [0.2, 0.25) is 10.0 Å². The van der Waals surface area contributed by atoms with Gasteiger partial charge in [-0.2, -0.15) is 4.98 Å². The van der Waals surface area contributed by atoms with E-state index in [-0.39, 0.29) is 15.6 Å². The number of benzene rings is 2. The quantitative estimate of drug-likeness (QED) is 0.354. The van der Waals surface area contributed by atoms with Crippen molar-refractivity contribution in [2.45, 2.75) is 25.9 Å². The van der Waals surface area contributed by atoms with Crippen molar-refractivity contribution < 1.29 is 8.78 Å². The molecule has 5 rings (SSSR count). The molecule has 0 saturated carbocycles. The standard InChI is InChI=1S/C24H22Cl2F2N6/c25-16-4-1-5-19(28)21(16)23-32-20-12-31-24(30-11-14-6-7-18(27)17(26)9-14)33-22(20)34(23)13-15-3-2-8-29-10-15/h1,4-7,9,12,15,29H,2-3,8,10-11,13H2,(H,30,31,33). The maximum absolute atomic E-state index is 14.8. The maximum Gasteiger partial charge on any atom is 0.225 e. The first-order valence-corrected chi connectivity index (χ1v) is 11.8. The summed E-state index contributed by atoms with van der Waals surface area (Å²) in [6.45, 7) is 2.84. The summed E-state index contributed by atoms with van der Waals surface area (Å²) < 4.78 is 30.2. The van der Waals surface area contributed by atoms with Gasteiger partial charge in [0.15, 0.2) is 5.65 Å². The molecule has 2 N–H and O–H groups in total. The summed E-state index contributed by atoms with van der Waals surface area (Å²) in [6, 6.07) is 9.12. The molecule has 0 spiro atoms. The molecular formula is C24H22Cl2F2N6. The Morgan fingerprint density at radius 2 is 1.97 bits per heavy atom. The van der Waals surface area contributed by atoms with Crippen molar-refractivity contribution in [2.75, 3.05) is 18.4 Å². The SMILES string of the molecule is Fc1ccc(CNc2ncc3nc(-c4c(F)cccc4Cl)n(CC4CCCNC4)c3n2)cc1Cl. The molecule has 1 saturated heterocycles. The number of anilines is 1. The van der Waals surface area contributed by atoms with Crippen LogP contribution in [0.5, 0.6) is 0 Å². The predicted molar refractivity (Wildman–Crippen MR) is 130 cm³/mol. The largest absolute Gasteiger partial charge is 0.350 e. The predicted octanol–water partition coefficient (Wildman–Crippen LogP) is 5.69. The van der Waals surface area contributed by atoms with Crippen LogP contribution in [0.4, 0.5) is 14.7 Å². The zero-order valence-electron chi connectivity index (χ0n) is 18.2. The highest BCUT2D eigenvalue weighted by atomic mass is 35.5. The van der Waals surface area contributed by atoms with Crippen LogP contribution >= 0.6 is 23.2 Å². The Labute approximate surface area is 205 Å². The Morgan fingerprint density at radius 3 is 2.74 bits per heavy atom. The molecule has 0 amide bonds. The normalized spacial score (nSPS) is 16.2. The van der Waals surface area contributed by atoms with Crippen molar-refractivity contribution in [1.82, 2.24) is 24.8 Å². The highest BCUT2D eigenvalue weighted by Crippen LogP contribution is 2.33. The first-order valence-electron chi connectivity index (χ1n) is 11.1. The van der Waals surface area contributed by atoms with Gasteiger partial charge in [0, 0.05) is 13.1 Å². The molecule has 1 fully saturated rings. The van der Waals surface area contributed by atoms with Crippen LogP contribution in [0.1, 0.15) is 18.4 Å². The molecule has 3 heterocycles. The highest BCUT2D eigenvalue weighted by Gasteiger charge is 2.23. The maximum atomic E-state index is 14.8. The van der Waals surface area contributed by atoms with Gasteiger partial charge in [-0.3, -0.25) is 0 Å². The molecule has 2 aromatic heterocycles. The third-order valence-electron chi connectivity index (χ3n) is 5.95. The second kappa shape index (κ2) is 9.82. The lowest BCUT2D eigenvalue weighted by Gasteiger charge is -2.24. The van der Waals surface area contributed by atoms with Crippen molar-refractivity contribution in [2.24, 2.45) is 5.92 Å². The van der Waals surface area contributed by atoms with Crippen molar-refractivity contribution in [3.63, 3.8) is 0 Å². The summed E-state index contributed by atoms with van der Waals surface area (Å²) in [5.41, 5.74) is 2.18. The first-order chi connectivity index (χ1) is 16.5. The Hall–Kier alpha value is -2.81. The third kappa shape index (κ3) is 4.71. The van der Waals surface area contributed by atoms with E-state index in [4.69, 9.17) is 23.2 Å². The summed E-state index contributed by atoms with van der Waals surface area (Å²) in [5.74, 6) is 0.250. The van der Waals surface area contributed by atoms with Crippen molar-refractivity contribution in [3.8, 4) is 11.4 Å². The van der Waals surface area contributed by atoms with Gasteiger partial charge in [-0.15, -0.1) is 0 Å². The van der Waals surface area contributed by atoms with Gasteiger partial charge >= 0.3 is 0 Å². The van der Waals surface area contributed by atoms with Crippen molar-refractivity contribution in [3.05, 3.63) is 69.8 Å². The average molecular weight is 503 g/mol. The van der Waals surface area contributed by atoms with Gasteiger partial charge in [0.05, 0.1) is 21.8 Å². The molecule has 4 aromatic rings. The van der Waals surface area contributed by atoms with Crippen LogP contribution in [-0.4, -0.2) is 32.6 Å². The molecule has 1 unspecified atom stereocenters. The van der Waals surface area contributed by atoms with Gasteiger partial charge in [0.25, 0.3) is 0 Å². The van der Waals surface area contributed by atoms with Gasteiger partial charge in [-0.05, 0) is 61.7 Å². The molecule has 34 heavy (non-hydrogen) atoms. The van der Waals surface area contributed by atoms with Gasteiger partial charge in [-0.1, -0.05) is 35.3 Å². The summed E-state index contributed by atoms with van der Waals surface area (Å²) >= 11 is 12.3. The van der Waals surface area contributed by atoms with Crippen LogP contribution < -0.4 is 10.6 Å². The minimum atomic E-state index is -0.469. The Morgan fingerprint density at radius 1 is 1.09 bits per heavy atom. The lowest BCUT2D eigenvalue weighted by molar-refractivity contribution is 0.341. The van der Waals surface area contributed by atoms with E-state index in [9.17, 15) is 8.78 Å². The fourth-order valence-corrected chi connectivity index (χ4v) is 4.70. The lowest BCUT2D eigenvalue weighted by Crippen LogP contribution is -2.32. The Balaban J connectivity index is 1.52. The number of hydrogen-bond acceptors (Lipinski definition) is 5. The van der Waals surface area contributed by atoms with Crippen LogP contribution in [0.15, 0.2) is 42.6 Å². The smallest absolute Gasteiger partial charge is 0.225 e. The fourth-order valence-electron chi connectivity index (χ4n) is 4.25. The number of piperidine rings is 1. The van der Waals surface area contributed by atoms with E-state index < -0.39 is 11.6 Å². The second-order valence-corrected chi connectivity index (χ2v) is 9.17. The molecule has 0 radical (unpaired) electrons. The lowest BCUT2D eigenvalue weighted by atomic mass is 9.99. The Kier molecular flexibility index (Phi) is 6.63. The molecule has 1 atom stereocenters. The molecule has 0 bridgehead atoms. The second-order valence-electron chi connectivity index (χ2n) is 8.36. The highest BCUT2D eigenvalue weighted by molar-refractivity contribution is 6.33. The van der Waals surface area contributed by atoms with Crippen LogP contribution in [0.25, 0.3) is 22.6 Å². The Bertz CT molecular complexity index is 1320. The zero-order chi connectivity index (χ0) is 23.7. The van der Waals surface area contributed by atoms with Crippen LogP contribution in [-0.2, 0) is 13.1 Å². The molecule has 1 aliphatic heterocycles. The topological polar surface area (TPSA) is 67.7 Å². The first kappa shape index (κ1) is 23.0. The molecule has 1 aliphatic rings. The van der Waals surface area contributed by atoms with Crippen molar-refractivity contribution >= 4 is 40.3 Å². The van der Waals surface area contributed by atoms with E-state index in [1.165, 1.54) is 12.1 Å². The number of hydrogen-bond donors (Lipinski definition) is 2. The summed E-state index contributed by atoms with van der Waals surface area (Å²) in [6.07, 6.45) is 3.74. The van der Waals surface area contributed by atoms with Gasteiger partial charge < -0.3 is 15.2 Å². The number of halogens is 4. The van der Waals surface area contributed by atoms with E-state index in [0.29, 0.717) is 41.9 Å².